The van der Waals surface area contributed by atoms with Gasteiger partial charge in [-0.15, -0.1) is 0 Å². The van der Waals surface area contributed by atoms with Crippen molar-refractivity contribution in [2.24, 2.45) is 0 Å². The van der Waals surface area contributed by atoms with Gasteiger partial charge < -0.3 is 4.90 Å². The van der Waals surface area contributed by atoms with E-state index in [2.05, 4.69) is 20.9 Å². The van der Waals surface area contributed by atoms with Crippen LogP contribution in [0.2, 0.25) is 0 Å². The van der Waals surface area contributed by atoms with Gasteiger partial charge >= 0.3 is 0 Å². The minimum Gasteiger partial charge on any atom is -0.302 e. The van der Waals surface area contributed by atoms with Crippen LogP contribution in [0.4, 0.5) is 0 Å². The van der Waals surface area contributed by atoms with Gasteiger partial charge in [-0.25, -0.2) is 0 Å². The van der Waals surface area contributed by atoms with Crippen molar-refractivity contribution < 1.29 is 0 Å². The molecule has 2 aliphatic rings. The first-order valence-corrected chi connectivity index (χ1v) is 7.77. The molecule has 0 amide bonds. The number of likely N-dealkylation sites (tertiary alicyclic amines) is 2. The Hall–Kier alpha value is -0.930. The lowest BCUT2D eigenvalue weighted by Crippen LogP contribution is -2.42. The van der Waals surface area contributed by atoms with Crippen molar-refractivity contribution in [1.82, 2.24) is 14.8 Å². The summed E-state index contributed by atoms with van der Waals surface area (Å²) in [7, 11) is 0. The molecule has 3 heterocycles. The largest absolute Gasteiger partial charge is 0.302 e. The Morgan fingerprint density at radius 1 is 1.11 bits per heavy atom. The van der Waals surface area contributed by atoms with Gasteiger partial charge in [0.2, 0.25) is 0 Å². The van der Waals surface area contributed by atoms with Crippen molar-refractivity contribution in [1.29, 1.82) is 0 Å². The minimum absolute atomic E-state index is 0.762. The molecule has 0 radical (unpaired) electrons. The average Bonchev–Trinajstić information content (AvgIpc) is 2.88. The van der Waals surface area contributed by atoms with Crippen LogP contribution in [0, 0.1) is 0 Å². The first-order chi connectivity index (χ1) is 9.42. The fourth-order valence-corrected chi connectivity index (χ4v) is 3.48. The maximum atomic E-state index is 4.23. The summed E-state index contributed by atoms with van der Waals surface area (Å²) in [4.78, 5) is 9.57. The van der Waals surface area contributed by atoms with Gasteiger partial charge in [-0.3, -0.25) is 9.88 Å². The van der Waals surface area contributed by atoms with Gasteiger partial charge in [-0.2, -0.15) is 0 Å². The van der Waals surface area contributed by atoms with E-state index in [1.165, 1.54) is 63.8 Å². The third kappa shape index (κ3) is 3.54. The Balaban J connectivity index is 1.55. The van der Waals surface area contributed by atoms with Gasteiger partial charge in [-0.1, -0.05) is 12.5 Å². The average molecular weight is 259 g/mol. The molecular formula is C16H25N3. The van der Waals surface area contributed by atoms with E-state index in [4.69, 9.17) is 0 Å². The molecule has 1 aromatic heterocycles. The van der Waals surface area contributed by atoms with Crippen molar-refractivity contribution in [3.63, 3.8) is 0 Å². The number of nitrogens with zero attached hydrogens (tertiary/aromatic N) is 3. The second-order valence-electron chi connectivity index (χ2n) is 5.99. The maximum absolute atomic E-state index is 4.23. The third-order valence-corrected chi connectivity index (χ3v) is 4.53. The van der Waals surface area contributed by atoms with Crippen molar-refractivity contribution in [3.05, 3.63) is 30.1 Å². The molecule has 2 fully saturated rings. The fourth-order valence-electron chi connectivity index (χ4n) is 3.48. The van der Waals surface area contributed by atoms with Crippen molar-refractivity contribution in [2.75, 3.05) is 26.2 Å². The highest BCUT2D eigenvalue weighted by molar-refractivity contribution is 5.08. The summed E-state index contributed by atoms with van der Waals surface area (Å²) >= 11 is 0. The Bertz CT molecular complexity index is 373. The van der Waals surface area contributed by atoms with Gasteiger partial charge in [-0.05, 0) is 56.9 Å². The Morgan fingerprint density at radius 3 is 2.79 bits per heavy atom. The zero-order valence-electron chi connectivity index (χ0n) is 11.8. The van der Waals surface area contributed by atoms with Crippen LogP contribution in [0.1, 0.15) is 37.7 Å². The highest BCUT2D eigenvalue weighted by Gasteiger charge is 2.26. The molecule has 1 aromatic rings. The maximum Gasteiger partial charge on any atom is 0.0312 e. The molecule has 3 heteroatoms. The molecule has 0 bridgehead atoms. The van der Waals surface area contributed by atoms with E-state index >= 15 is 0 Å². The molecule has 0 aliphatic carbocycles. The molecule has 2 saturated heterocycles. The highest BCUT2D eigenvalue weighted by Crippen LogP contribution is 2.22. The molecule has 3 nitrogen and oxygen atoms in total. The van der Waals surface area contributed by atoms with Gasteiger partial charge in [0.1, 0.15) is 0 Å². The van der Waals surface area contributed by atoms with Crippen LogP contribution in [0.5, 0.6) is 0 Å². The van der Waals surface area contributed by atoms with Gasteiger partial charge in [0, 0.05) is 31.5 Å². The van der Waals surface area contributed by atoms with Crippen LogP contribution < -0.4 is 0 Å². The minimum atomic E-state index is 0.762. The van der Waals surface area contributed by atoms with Crippen LogP contribution in [-0.2, 0) is 6.54 Å². The van der Waals surface area contributed by atoms with E-state index in [0.717, 1.165) is 12.6 Å². The third-order valence-electron chi connectivity index (χ3n) is 4.53. The summed E-state index contributed by atoms with van der Waals surface area (Å²) in [6, 6.07) is 5.01. The fraction of sp³-hybridized carbons (Fsp3) is 0.688. The van der Waals surface area contributed by atoms with E-state index in [9.17, 15) is 0 Å². The summed E-state index contributed by atoms with van der Waals surface area (Å²) in [6.45, 7) is 6.24. The lowest BCUT2D eigenvalue weighted by atomic mass is 10.1. The number of aromatic nitrogens is 1. The highest BCUT2D eigenvalue weighted by atomic mass is 15.2. The number of hydrogen-bond acceptors (Lipinski definition) is 3. The molecule has 0 saturated carbocycles. The molecule has 104 valence electrons. The van der Waals surface area contributed by atoms with E-state index < -0.39 is 0 Å². The van der Waals surface area contributed by atoms with Gasteiger partial charge in [0.25, 0.3) is 0 Å². The monoisotopic (exact) mass is 259 g/mol. The summed E-state index contributed by atoms with van der Waals surface area (Å²) in [6.07, 6.45) is 10.8. The van der Waals surface area contributed by atoms with Crippen LogP contribution in [0.3, 0.4) is 0 Å². The SMILES string of the molecule is c1cncc(CN2CCC[C@@H]2CN2CCCCC2)c1. The first kappa shape index (κ1) is 13.1. The zero-order valence-corrected chi connectivity index (χ0v) is 11.8. The Kier molecular flexibility index (Phi) is 4.46. The normalized spacial score (nSPS) is 25.8. The van der Waals surface area contributed by atoms with Crippen LogP contribution in [0.15, 0.2) is 24.5 Å². The molecule has 19 heavy (non-hydrogen) atoms. The Labute approximate surface area is 116 Å². The van der Waals surface area contributed by atoms with Gasteiger partial charge in [0.15, 0.2) is 0 Å². The number of piperidine rings is 1. The Morgan fingerprint density at radius 2 is 2.00 bits per heavy atom. The van der Waals surface area contributed by atoms with Crippen LogP contribution >= 0.6 is 0 Å². The van der Waals surface area contributed by atoms with E-state index in [1.807, 2.05) is 18.5 Å². The van der Waals surface area contributed by atoms with E-state index in [0.29, 0.717) is 0 Å². The predicted octanol–water partition coefficient (Wildman–Crippen LogP) is 2.53. The predicted molar refractivity (Wildman–Crippen MR) is 78.0 cm³/mol. The molecule has 0 N–H and O–H groups in total. The van der Waals surface area contributed by atoms with Crippen LogP contribution in [-0.4, -0.2) is 47.0 Å². The number of pyridine rings is 1. The van der Waals surface area contributed by atoms with E-state index in [-0.39, 0.29) is 0 Å². The molecule has 3 rings (SSSR count). The lowest BCUT2D eigenvalue weighted by molar-refractivity contribution is 0.149. The van der Waals surface area contributed by atoms with Crippen molar-refractivity contribution >= 4 is 0 Å². The van der Waals surface area contributed by atoms with Crippen molar-refractivity contribution in [3.8, 4) is 0 Å². The summed E-state index contributed by atoms with van der Waals surface area (Å²) in [5, 5.41) is 0. The topological polar surface area (TPSA) is 19.4 Å². The molecule has 0 spiro atoms. The molecule has 1 atom stereocenters. The summed E-state index contributed by atoms with van der Waals surface area (Å²) in [5.41, 5.74) is 1.35. The van der Waals surface area contributed by atoms with Crippen LogP contribution in [0.25, 0.3) is 0 Å². The zero-order chi connectivity index (χ0) is 12.9. The molecule has 0 aromatic carbocycles. The van der Waals surface area contributed by atoms with Gasteiger partial charge in [0.05, 0.1) is 0 Å². The smallest absolute Gasteiger partial charge is 0.0312 e. The van der Waals surface area contributed by atoms with E-state index in [1.54, 1.807) is 0 Å². The second-order valence-corrected chi connectivity index (χ2v) is 5.99. The molecular weight excluding hydrogens is 234 g/mol. The standard InChI is InChI=1S/C16H25N3/c1-2-9-18(10-3-1)14-16-7-5-11-19(16)13-15-6-4-8-17-12-15/h4,6,8,12,16H,1-3,5,7,9-11,13-14H2/t16-/m1/s1. The summed E-state index contributed by atoms with van der Waals surface area (Å²) < 4.78 is 0. The number of hydrogen-bond donors (Lipinski definition) is 0. The van der Waals surface area contributed by atoms with Crippen molar-refractivity contribution in [2.45, 2.75) is 44.7 Å². The first-order valence-electron chi connectivity index (χ1n) is 7.77. The molecule has 2 aliphatic heterocycles. The summed E-state index contributed by atoms with van der Waals surface area (Å²) in [5.74, 6) is 0. The molecule has 0 unspecified atom stereocenters. The lowest BCUT2D eigenvalue weighted by Gasteiger charge is -2.33. The quantitative estimate of drug-likeness (QED) is 0.828. The number of rotatable bonds is 4. The second kappa shape index (κ2) is 6.49.